The molecule has 3 aromatic rings. The average Bonchev–Trinajstić information content (AvgIpc) is 2.69. The molecule has 1 fully saturated rings. The Morgan fingerprint density at radius 3 is 2.38 bits per heavy atom. The fourth-order valence-electron chi connectivity index (χ4n) is 3.41. The van der Waals surface area contributed by atoms with Crippen LogP contribution >= 0.6 is 0 Å². The maximum atomic E-state index is 10.2. The summed E-state index contributed by atoms with van der Waals surface area (Å²) in [6, 6.07) is 22.3. The lowest BCUT2D eigenvalue weighted by atomic mass is 10.0. The number of fused-ring (bicyclic) bond motifs is 1. The first-order valence-corrected chi connectivity index (χ1v) is 9.05. The third-order valence-corrected chi connectivity index (χ3v) is 4.90. The van der Waals surface area contributed by atoms with E-state index in [4.69, 9.17) is 0 Å². The summed E-state index contributed by atoms with van der Waals surface area (Å²) < 4.78 is 0. The molecule has 4 rings (SSSR count). The van der Waals surface area contributed by atoms with Crippen LogP contribution in [0.25, 0.3) is 10.8 Å². The van der Waals surface area contributed by atoms with Crippen LogP contribution in [0.5, 0.6) is 5.75 Å². The maximum Gasteiger partial charge on any atom is 0.125 e. The molecule has 4 heteroatoms. The molecule has 0 unspecified atom stereocenters. The number of phenols is 1. The Bertz CT molecular complexity index is 900. The van der Waals surface area contributed by atoms with E-state index in [2.05, 4.69) is 51.4 Å². The molecule has 0 aromatic heterocycles. The van der Waals surface area contributed by atoms with E-state index < -0.39 is 0 Å². The molecule has 1 aliphatic heterocycles. The van der Waals surface area contributed by atoms with Gasteiger partial charge in [-0.05, 0) is 22.4 Å². The molecule has 0 spiro atoms. The second-order valence-electron chi connectivity index (χ2n) is 6.68. The SMILES string of the molecule is Oc1ccc2ccccc2c1/C=N/N1CCN(Cc2ccccc2)CC1. The number of piperazine rings is 1. The molecule has 1 saturated heterocycles. The van der Waals surface area contributed by atoms with E-state index >= 15 is 0 Å². The fraction of sp³-hybridized carbons (Fsp3) is 0.227. The number of rotatable bonds is 4. The molecule has 3 aromatic carbocycles. The Morgan fingerprint density at radius 2 is 1.58 bits per heavy atom. The lowest BCUT2D eigenvalue weighted by Crippen LogP contribution is -2.43. The summed E-state index contributed by atoms with van der Waals surface area (Å²) in [6.45, 7) is 4.77. The number of phenolic OH excluding ortho intramolecular Hbond substituents is 1. The lowest BCUT2D eigenvalue weighted by Gasteiger charge is -2.33. The number of hydrogen-bond donors (Lipinski definition) is 1. The average molecular weight is 345 g/mol. The van der Waals surface area contributed by atoms with Gasteiger partial charge in [0.1, 0.15) is 5.75 Å². The molecule has 0 amide bonds. The Hall–Kier alpha value is -2.85. The number of hydrogen-bond acceptors (Lipinski definition) is 4. The third-order valence-electron chi connectivity index (χ3n) is 4.90. The molecular weight excluding hydrogens is 322 g/mol. The van der Waals surface area contributed by atoms with E-state index in [1.165, 1.54) is 5.56 Å². The van der Waals surface area contributed by atoms with Gasteiger partial charge in [0.05, 0.1) is 6.21 Å². The van der Waals surface area contributed by atoms with Crippen molar-refractivity contribution in [3.63, 3.8) is 0 Å². The highest BCUT2D eigenvalue weighted by molar-refractivity contribution is 6.02. The standard InChI is InChI=1S/C22H23N3O/c26-22-11-10-19-8-4-5-9-20(19)21(22)16-23-25-14-12-24(13-15-25)17-18-6-2-1-3-7-18/h1-11,16,26H,12-15,17H2/b23-16+. The van der Waals surface area contributed by atoms with Crippen LogP contribution in [0.2, 0.25) is 0 Å². The molecule has 1 heterocycles. The van der Waals surface area contributed by atoms with Crippen molar-refractivity contribution in [2.24, 2.45) is 5.10 Å². The van der Waals surface area contributed by atoms with Gasteiger partial charge in [-0.1, -0.05) is 60.7 Å². The van der Waals surface area contributed by atoms with E-state index in [-0.39, 0.29) is 5.75 Å². The van der Waals surface area contributed by atoms with Crippen LogP contribution in [-0.4, -0.2) is 47.4 Å². The number of nitrogens with zero attached hydrogens (tertiary/aromatic N) is 3. The van der Waals surface area contributed by atoms with Crippen LogP contribution in [0.1, 0.15) is 11.1 Å². The highest BCUT2D eigenvalue weighted by atomic mass is 16.3. The Balaban J connectivity index is 1.41. The Kier molecular flexibility index (Phi) is 4.84. The molecule has 26 heavy (non-hydrogen) atoms. The zero-order valence-electron chi connectivity index (χ0n) is 14.8. The van der Waals surface area contributed by atoms with Gasteiger partial charge >= 0.3 is 0 Å². The predicted octanol–water partition coefficient (Wildman–Crippen LogP) is 3.70. The molecule has 0 radical (unpaired) electrons. The first-order valence-electron chi connectivity index (χ1n) is 9.05. The normalized spacial score (nSPS) is 15.8. The van der Waals surface area contributed by atoms with E-state index in [0.717, 1.165) is 49.1 Å². The second kappa shape index (κ2) is 7.58. The highest BCUT2D eigenvalue weighted by Crippen LogP contribution is 2.25. The minimum atomic E-state index is 0.273. The van der Waals surface area contributed by atoms with Gasteiger partial charge in [0.2, 0.25) is 0 Å². The van der Waals surface area contributed by atoms with E-state index in [9.17, 15) is 5.11 Å². The van der Waals surface area contributed by atoms with Crippen molar-refractivity contribution < 1.29 is 5.11 Å². The van der Waals surface area contributed by atoms with Gasteiger partial charge in [0.25, 0.3) is 0 Å². The van der Waals surface area contributed by atoms with E-state index in [1.54, 1.807) is 12.3 Å². The summed E-state index contributed by atoms with van der Waals surface area (Å²) in [5.41, 5.74) is 2.14. The lowest BCUT2D eigenvalue weighted by molar-refractivity contribution is 0.131. The summed E-state index contributed by atoms with van der Waals surface area (Å²) in [5.74, 6) is 0.273. The summed E-state index contributed by atoms with van der Waals surface area (Å²) >= 11 is 0. The molecule has 4 nitrogen and oxygen atoms in total. The van der Waals surface area contributed by atoms with Gasteiger partial charge in [-0.15, -0.1) is 0 Å². The zero-order chi connectivity index (χ0) is 17.8. The zero-order valence-corrected chi connectivity index (χ0v) is 14.8. The van der Waals surface area contributed by atoms with Gasteiger partial charge < -0.3 is 5.11 Å². The Labute approximate surface area is 154 Å². The molecule has 132 valence electrons. The van der Waals surface area contributed by atoms with Crippen LogP contribution in [0, 0.1) is 0 Å². The van der Waals surface area contributed by atoms with Crippen LogP contribution in [-0.2, 0) is 6.54 Å². The van der Waals surface area contributed by atoms with Crippen LogP contribution in [0.4, 0.5) is 0 Å². The number of aromatic hydroxyl groups is 1. The van der Waals surface area contributed by atoms with E-state index in [0.29, 0.717) is 0 Å². The smallest absolute Gasteiger partial charge is 0.125 e. The quantitative estimate of drug-likeness (QED) is 0.733. The molecule has 0 aliphatic carbocycles. The number of benzene rings is 3. The van der Waals surface area contributed by atoms with Crippen molar-refractivity contribution in [1.82, 2.24) is 9.91 Å². The number of hydrazone groups is 1. The van der Waals surface area contributed by atoms with Gasteiger partial charge in [0.15, 0.2) is 0 Å². The Morgan fingerprint density at radius 1 is 0.846 bits per heavy atom. The first kappa shape index (κ1) is 16.6. The maximum absolute atomic E-state index is 10.2. The predicted molar refractivity (Wildman–Crippen MR) is 106 cm³/mol. The first-order chi connectivity index (χ1) is 12.8. The van der Waals surface area contributed by atoms with Crippen molar-refractivity contribution in [1.29, 1.82) is 0 Å². The van der Waals surface area contributed by atoms with Crippen LogP contribution < -0.4 is 0 Å². The highest BCUT2D eigenvalue weighted by Gasteiger charge is 2.15. The summed E-state index contributed by atoms with van der Waals surface area (Å²) in [4.78, 5) is 2.46. The van der Waals surface area contributed by atoms with Crippen molar-refractivity contribution in [3.8, 4) is 5.75 Å². The fourth-order valence-corrected chi connectivity index (χ4v) is 3.41. The summed E-state index contributed by atoms with van der Waals surface area (Å²) in [7, 11) is 0. The third kappa shape index (κ3) is 3.70. The van der Waals surface area contributed by atoms with Crippen molar-refractivity contribution in [2.45, 2.75) is 6.54 Å². The molecule has 0 saturated carbocycles. The molecule has 0 bridgehead atoms. The summed E-state index contributed by atoms with van der Waals surface area (Å²) in [5, 5.41) is 19.1. The van der Waals surface area contributed by atoms with E-state index in [1.807, 2.05) is 24.3 Å². The molecular formula is C22H23N3O. The minimum absolute atomic E-state index is 0.273. The van der Waals surface area contributed by atoms with Gasteiger partial charge in [-0.25, -0.2) is 0 Å². The minimum Gasteiger partial charge on any atom is -0.507 e. The topological polar surface area (TPSA) is 39.1 Å². The monoisotopic (exact) mass is 345 g/mol. The van der Waals surface area contributed by atoms with Crippen molar-refractivity contribution in [2.75, 3.05) is 26.2 Å². The van der Waals surface area contributed by atoms with Gasteiger partial charge in [0, 0.05) is 38.3 Å². The molecule has 0 atom stereocenters. The molecule has 1 N–H and O–H groups in total. The van der Waals surface area contributed by atoms with Crippen LogP contribution in [0.3, 0.4) is 0 Å². The second-order valence-corrected chi connectivity index (χ2v) is 6.68. The van der Waals surface area contributed by atoms with Gasteiger partial charge in [-0.2, -0.15) is 5.10 Å². The summed E-state index contributed by atoms with van der Waals surface area (Å²) in [6.07, 6.45) is 1.80. The van der Waals surface area contributed by atoms with Crippen LogP contribution in [0.15, 0.2) is 71.8 Å². The van der Waals surface area contributed by atoms with Crippen molar-refractivity contribution in [3.05, 3.63) is 77.9 Å². The van der Waals surface area contributed by atoms with Crippen molar-refractivity contribution >= 4 is 17.0 Å². The van der Waals surface area contributed by atoms with Gasteiger partial charge in [-0.3, -0.25) is 9.91 Å². The molecule has 1 aliphatic rings. The largest absolute Gasteiger partial charge is 0.507 e.